The first kappa shape index (κ1) is 11.3. The third-order valence-corrected chi connectivity index (χ3v) is 3.00. The lowest BCUT2D eigenvalue weighted by atomic mass is 9.94. The number of halogens is 2. The number of hydrogen-bond acceptors (Lipinski definition) is 1. The van der Waals surface area contributed by atoms with Gasteiger partial charge < -0.3 is 5.11 Å². The molecule has 3 heteroatoms. The van der Waals surface area contributed by atoms with E-state index in [0.29, 0.717) is 16.1 Å². The van der Waals surface area contributed by atoms with E-state index in [1.807, 2.05) is 13.8 Å². The van der Waals surface area contributed by atoms with Crippen LogP contribution in [-0.2, 0) is 0 Å². The van der Waals surface area contributed by atoms with Gasteiger partial charge in [-0.05, 0) is 25.3 Å². The van der Waals surface area contributed by atoms with Crippen LogP contribution in [0.25, 0.3) is 0 Å². The minimum absolute atomic E-state index is 0.0580. The van der Waals surface area contributed by atoms with Crippen LogP contribution in [0.15, 0.2) is 0 Å². The fraction of sp³-hybridized carbons (Fsp3) is 0.455. The number of benzene rings is 1. The van der Waals surface area contributed by atoms with Crippen molar-refractivity contribution in [2.75, 3.05) is 0 Å². The summed E-state index contributed by atoms with van der Waals surface area (Å²) in [5.74, 6) is -0.814. The normalized spacial score (nSPS) is 11.1. The van der Waals surface area contributed by atoms with Gasteiger partial charge >= 0.3 is 0 Å². The Labute approximate surface area is 88.5 Å². The van der Waals surface area contributed by atoms with Crippen molar-refractivity contribution in [3.8, 4) is 5.75 Å². The Hall–Kier alpha value is -0.760. The Morgan fingerprint density at radius 2 is 1.71 bits per heavy atom. The van der Waals surface area contributed by atoms with Gasteiger partial charge in [0, 0.05) is 16.1 Å². The first-order chi connectivity index (χ1) is 6.37. The van der Waals surface area contributed by atoms with Crippen LogP contribution in [0.5, 0.6) is 5.75 Å². The van der Waals surface area contributed by atoms with Crippen molar-refractivity contribution < 1.29 is 9.50 Å². The summed E-state index contributed by atoms with van der Waals surface area (Å²) in [5, 5.41) is 10.0. The highest BCUT2D eigenvalue weighted by Crippen LogP contribution is 2.38. The summed E-state index contributed by atoms with van der Waals surface area (Å²) >= 11 is 5.95. The Bertz CT molecular complexity index is 343. The molecule has 0 saturated carbocycles. The van der Waals surface area contributed by atoms with E-state index in [2.05, 4.69) is 0 Å². The number of rotatable bonds is 1. The molecule has 0 fully saturated rings. The minimum atomic E-state index is -0.607. The molecule has 14 heavy (non-hydrogen) atoms. The standard InChI is InChI=1S/C11H14ClFO/c1-5(2)8-6(3)9(12)7(4)10(13)11(8)14/h5,14H,1-4H3. The van der Waals surface area contributed by atoms with Gasteiger partial charge in [-0.25, -0.2) is 4.39 Å². The molecule has 0 aliphatic rings. The molecule has 1 nitrogen and oxygen atoms in total. The molecule has 0 amide bonds. The van der Waals surface area contributed by atoms with Gasteiger partial charge in [0.15, 0.2) is 11.6 Å². The van der Waals surface area contributed by atoms with Crippen molar-refractivity contribution in [2.24, 2.45) is 0 Å². The maximum atomic E-state index is 13.5. The van der Waals surface area contributed by atoms with E-state index < -0.39 is 5.82 Å². The van der Waals surface area contributed by atoms with E-state index >= 15 is 0 Å². The lowest BCUT2D eigenvalue weighted by molar-refractivity contribution is 0.420. The van der Waals surface area contributed by atoms with E-state index in [1.165, 1.54) is 0 Å². The minimum Gasteiger partial charge on any atom is -0.505 e. The average molecular weight is 217 g/mol. The Morgan fingerprint density at radius 1 is 1.21 bits per heavy atom. The molecule has 0 aromatic heterocycles. The molecule has 0 bridgehead atoms. The van der Waals surface area contributed by atoms with Crippen molar-refractivity contribution in [1.29, 1.82) is 0 Å². The zero-order valence-electron chi connectivity index (χ0n) is 8.78. The van der Waals surface area contributed by atoms with Crippen molar-refractivity contribution >= 4 is 11.6 Å². The molecule has 0 aliphatic heterocycles. The van der Waals surface area contributed by atoms with Gasteiger partial charge in [0.1, 0.15) is 0 Å². The predicted molar refractivity (Wildman–Crippen MR) is 56.6 cm³/mol. The van der Waals surface area contributed by atoms with Crippen molar-refractivity contribution in [3.63, 3.8) is 0 Å². The summed E-state index contributed by atoms with van der Waals surface area (Å²) in [4.78, 5) is 0. The monoisotopic (exact) mass is 216 g/mol. The highest BCUT2D eigenvalue weighted by atomic mass is 35.5. The van der Waals surface area contributed by atoms with Crippen LogP contribution in [0.2, 0.25) is 5.02 Å². The Balaban J connectivity index is 3.60. The zero-order chi connectivity index (χ0) is 11.0. The quantitative estimate of drug-likeness (QED) is 0.754. The maximum absolute atomic E-state index is 13.5. The summed E-state index contributed by atoms with van der Waals surface area (Å²) in [7, 11) is 0. The largest absolute Gasteiger partial charge is 0.505 e. The average Bonchev–Trinajstić information content (AvgIpc) is 2.11. The molecular weight excluding hydrogens is 203 g/mol. The van der Waals surface area contributed by atoms with Crippen LogP contribution in [0, 0.1) is 19.7 Å². The van der Waals surface area contributed by atoms with E-state index in [9.17, 15) is 9.50 Å². The fourth-order valence-corrected chi connectivity index (χ4v) is 1.86. The zero-order valence-corrected chi connectivity index (χ0v) is 9.54. The van der Waals surface area contributed by atoms with Gasteiger partial charge in [0.2, 0.25) is 0 Å². The predicted octanol–water partition coefficient (Wildman–Crippen LogP) is 3.92. The van der Waals surface area contributed by atoms with Gasteiger partial charge in [-0.15, -0.1) is 0 Å². The summed E-state index contributed by atoms with van der Waals surface area (Å²) in [6.07, 6.45) is 0. The van der Waals surface area contributed by atoms with Gasteiger partial charge in [0.05, 0.1) is 0 Å². The third kappa shape index (κ3) is 1.59. The molecule has 1 N–H and O–H groups in total. The van der Waals surface area contributed by atoms with Crippen LogP contribution in [0.1, 0.15) is 36.5 Å². The van der Waals surface area contributed by atoms with E-state index in [0.717, 1.165) is 5.56 Å². The van der Waals surface area contributed by atoms with Crippen LogP contribution in [0.3, 0.4) is 0 Å². The second-order valence-electron chi connectivity index (χ2n) is 3.79. The molecule has 0 spiro atoms. The highest BCUT2D eigenvalue weighted by Gasteiger charge is 2.19. The van der Waals surface area contributed by atoms with Crippen LogP contribution >= 0.6 is 11.6 Å². The van der Waals surface area contributed by atoms with Crippen LogP contribution < -0.4 is 0 Å². The molecule has 0 unspecified atom stereocenters. The topological polar surface area (TPSA) is 20.2 Å². The van der Waals surface area contributed by atoms with Gasteiger partial charge in [-0.1, -0.05) is 25.4 Å². The van der Waals surface area contributed by atoms with Crippen molar-refractivity contribution in [3.05, 3.63) is 27.5 Å². The molecule has 1 aromatic carbocycles. The Kier molecular flexibility index (Phi) is 3.05. The van der Waals surface area contributed by atoms with E-state index in [1.54, 1.807) is 13.8 Å². The van der Waals surface area contributed by atoms with Gasteiger partial charge in [-0.3, -0.25) is 0 Å². The van der Waals surface area contributed by atoms with Crippen molar-refractivity contribution in [1.82, 2.24) is 0 Å². The number of hydrogen-bond donors (Lipinski definition) is 1. The van der Waals surface area contributed by atoms with Crippen molar-refractivity contribution in [2.45, 2.75) is 33.6 Å². The summed E-state index contributed by atoms with van der Waals surface area (Å²) < 4.78 is 13.5. The molecule has 78 valence electrons. The first-order valence-corrected chi connectivity index (χ1v) is 4.92. The lowest BCUT2D eigenvalue weighted by Gasteiger charge is -2.16. The number of aromatic hydroxyl groups is 1. The summed E-state index contributed by atoms with van der Waals surface area (Å²) in [5.41, 5.74) is 1.67. The number of phenols is 1. The lowest BCUT2D eigenvalue weighted by Crippen LogP contribution is -1.99. The summed E-state index contributed by atoms with van der Waals surface area (Å²) in [6, 6.07) is 0. The molecule has 0 radical (unpaired) electrons. The first-order valence-electron chi connectivity index (χ1n) is 4.54. The van der Waals surface area contributed by atoms with Gasteiger partial charge in [-0.2, -0.15) is 0 Å². The molecule has 1 aromatic rings. The second-order valence-corrected chi connectivity index (χ2v) is 4.17. The molecule has 1 rings (SSSR count). The molecule has 0 atom stereocenters. The number of phenolic OH excluding ortho intramolecular Hbond substituents is 1. The molecule has 0 saturated heterocycles. The molecular formula is C11H14ClFO. The van der Waals surface area contributed by atoms with Crippen LogP contribution in [0.4, 0.5) is 4.39 Å². The fourth-order valence-electron chi connectivity index (χ4n) is 1.68. The molecule has 0 aliphatic carbocycles. The van der Waals surface area contributed by atoms with E-state index in [4.69, 9.17) is 11.6 Å². The third-order valence-electron chi connectivity index (χ3n) is 2.43. The SMILES string of the molecule is Cc1c(F)c(O)c(C(C)C)c(C)c1Cl. The maximum Gasteiger partial charge on any atom is 0.169 e. The summed E-state index contributed by atoms with van der Waals surface area (Å²) in [6.45, 7) is 7.15. The molecule has 0 heterocycles. The van der Waals surface area contributed by atoms with Crippen LogP contribution in [-0.4, -0.2) is 5.11 Å². The smallest absolute Gasteiger partial charge is 0.169 e. The van der Waals surface area contributed by atoms with Gasteiger partial charge in [0.25, 0.3) is 0 Å². The Morgan fingerprint density at radius 3 is 2.14 bits per heavy atom. The highest BCUT2D eigenvalue weighted by molar-refractivity contribution is 6.32. The van der Waals surface area contributed by atoms with E-state index in [-0.39, 0.29) is 11.7 Å². The second kappa shape index (κ2) is 3.77.